The average Bonchev–Trinajstić information content (AvgIpc) is 3.27. The summed E-state index contributed by atoms with van der Waals surface area (Å²) in [6, 6.07) is 14.0. The van der Waals surface area contributed by atoms with Crippen molar-refractivity contribution in [1.29, 1.82) is 0 Å². The molecule has 0 unspecified atom stereocenters. The quantitative estimate of drug-likeness (QED) is 0.482. The molecule has 0 saturated heterocycles. The van der Waals surface area contributed by atoms with Gasteiger partial charge in [0, 0.05) is 40.1 Å². The van der Waals surface area contributed by atoms with Crippen molar-refractivity contribution in [2.24, 2.45) is 0 Å². The molecule has 2 N–H and O–H groups in total. The zero-order chi connectivity index (χ0) is 18.1. The van der Waals surface area contributed by atoms with Crippen LogP contribution >= 0.6 is 23.5 Å². The molecule has 0 fully saturated rings. The number of hydrogen-bond acceptors (Lipinski definition) is 2. The van der Waals surface area contributed by atoms with Gasteiger partial charge in [0.2, 0.25) is 0 Å². The normalized spacial score (nSPS) is 11.0. The second kappa shape index (κ2) is 6.90. The molecule has 7 heteroatoms. The smallest absolute Gasteiger partial charge is 0.257 e. The predicted molar refractivity (Wildman–Crippen MR) is 103 cm³/mol. The summed E-state index contributed by atoms with van der Waals surface area (Å²) in [6.45, 7) is 0. The Kier molecular flexibility index (Phi) is 4.44. The van der Waals surface area contributed by atoms with Crippen LogP contribution in [0.25, 0.3) is 10.9 Å². The Morgan fingerprint density at radius 2 is 2.04 bits per heavy atom. The van der Waals surface area contributed by atoms with Crippen LogP contribution in [0.3, 0.4) is 0 Å². The summed E-state index contributed by atoms with van der Waals surface area (Å²) in [4.78, 5) is 16.5. The molecule has 0 aliphatic rings. The molecule has 4 rings (SSSR count). The minimum atomic E-state index is -0.572. The number of carbonyl (C=O) groups is 1. The van der Waals surface area contributed by atoms with Gasteiger partial charge in [0.25, 0.3) is 5.91 Å². The SMILES string of the molecule is O=C(Nc1ccc(Cl)c(F)c1)c1ccn(Sc2ccc3[nH]ccc3c2)c1. The van der Waals surface area contributed by atoms with Gasteiger partial charge < -0.3 is 10.3 Å². The van der Waals surface area contributed by atoms with Gasteiger partial charge in [0.15, 0.2) is 0 Å². The fraction of sp³-hybridized carbons (Fsp3) is 0. The molecule has 0 spiro atoms. The number of nitrogens with one attached hydrogen (secondary N) is 2. The van der Waals surface area contributed by atoms with E-state index in [4.69, 9.17) is 11.6 Å². The fourth-order valence-electron chi connectivity index (χ4n) is 2.56. The van der Waals surface area contributed by atoms with Crippen LogP contribution in [0.5, 0.6) is 0 Å². The summed E-state index contributed by atoms with van der Waals surface area (Å²) in [5.41, 5.74) is 1.92. The van der Waals surface area contributed by atoms with Gasteiger partial charge in [-0.1, -0.05) is 11.6 Å². The van der Waals surface area contributed by atoms with Crippen molar-refractivity contribution in [1.82, 2.24) is 8.96 Å². The first-order valence-electron chi connectivity index (χ1n) is 7.78. The van der Waals surface area contributed by atoms with Crippen molar-refractivity contribution < 1.29 is 9.18 Å². The van der Waals surface area contributed by atoms with Crippen molar-refractivity contribution in [2.45, 2.75) is 4.90 Å². The standard InChI is InChI=1S/C19H13ClFN3OS/c20-16-3-1-14(10-17(16)21)23-19(25)13-6-8-24(11-13)26-15-2-4-18-12(9-15)5-7-22-18/h1-11,22H,(H,23,25). The topological polar surface area (TPSA) is 49.8 Å². The van der Waals surface area contributed by atoms with E-state index in [1.165, 1.54) is 24.1 Å². The number of aromatic amines is 1. The van der Waals surface area contributed by atoms with Crippen LogP contribution in [0.2, 0.25) is 5.02 Å². The maximum Gasteiger partial charge on any atom is 0.257 e. The Morgan fingerprint density at radius 1 is 1.15 bits per heavy atom. The van der Waals surface area contributed by atoms with Gasteiger partial charge in [0.05, 0.1) is 10.6 Å². The number of H-pyrrole nitrogens is 1. The molecule has 2 aromatic carbocycles. The van der Waals surface area contributed by atoms with Gasteiger partial charge in [-0.05, 0) is 60.5 Å². The number of carbonyl (C=O) groups excluding carboxylic acids is 1. The lowest BCUT2D eigenvalue weighted by Crippen LogP contribution is -2.11. The molecule has 2 aromatic heterocycles. The number of anilines is 1. The van der Waals surface area contributed by atoms with Crippen LogP contribution in [0.4, 0.5) is 10.1 Å². The average molecular weight is 386 g/mol. The highest BCUT2D eigenvalue weighted by Gasteiger charge is 2.10. The number of halogens is 2. The highest BCUT2D eigenvalue weighted by Crippen LogP contribution is 2.25. The fourth-order valence-corrected chi connectivity index (χ4v) is 3.51. The number of fused-ring (bicyclic) bond motifs is 1. The van der Waals surface area contributed by atoms with E-state index in [1.807, 2.05) is 34.6 Å². The van der Waals surface area contributed by atoms with E-state index in [0.29, 0.717) is 11.3 Å². The van der Waals surface area contributed by atoms with Gasteiger partial charge in [-0.25, -0.2) is 4.39 Å². The number of nitrogens with zero attached hydrogens (tertiary/aromatic N) is 1. The number of hydrogen-bond donors (Lipinski definition) is 2. The Balaban J connectivity index is 1.47. The van der Waals surface area contributed by atoms with E-state index in [9.17, 15) is 9.18 Å². The molecule has 1 amide bonds. The summed E-state index contributed by atoms with van der Waals surface area (Å²) in [7, 11) is 0. The molecule has 0 aliphatic heterocycles. The zero-order valence-corrected chi connectivity index (χ0v) is 14.9. The van der Waals surface area contributed by atoms with Gasteiger partial charge in [0.1, 0.15) is 5.82 Å². The zero-order valence-electron chi connectivity index (χ0n) is 13.4. The third kappa shape index (κ3) is 3.47. The second-order valence-corrected chi connectivity index (χ2v) is 7.14. The molecule has 130 valence electrons. The molecular weight excluding hydrogens is 373 g/mol. The van der Waals surface area contributed by atoms with Gasteiger partial charge in [-0.3, -0.25) is 8.77 Å². The van der Waals surface area contributed by atoms with E-state index in [0.717, 1.165) is 15.8 Å². The van der Waals surface area contributed by atoms with Crippen molar-refractivity contribution in [3.63, 3.8) is 0 Å². The molecule has 0 radical (unpaired) electrons. The largest absolute Gasteiger partial charge is 0.361 e. The van der Waals surface area contributed by atoms with Crippen LogP contribution < -0.4 is 5.32 Å². The highest BCUT2D eigenvalue weighted by molar-refractivity contribution is 7.97. The first-order chi connectivity index (χ1) is 12.6. The number of benzene rings is 2. The van der Waals surface area contributed by atoms with E-state index in [1.54, 1.807) is 18.3 Å². The minimum absolute atomic E-state index is 0.0185. The third-order valence-electron chi connectivity index (χ3n) is 3.84. The van der Waals surface area contributed by atoms with E-state index in [-0.39, 0.29) is 10.9 Å². The van der Waals surface area contributed by atoms with E-state index < -0.39 is 5.82 Å². The molecular formula is C19H13ClFN3OS. The Hall–Kier alpha value is -2.70. The van der Waals surface area contributed by atoms with Crippen molar-refractivity contribution in [3.8, 4) is 0 Å². The summed E-state index contributed by atoms with van der Waals surface area (Å²) >= 11 is 7.15. The predicted octanol–water partition coefficient (Wildman–Crippen LogP) is 5.57. The van der Waals surface area contributed by atoms with Gasteiger partial charge >= 0.3 is 0 Å². The highest BCUT2D eigenvalue weighted by atomic mass is 35.5. The molecule has 0 aliphatic carbocycles. The Bertz CT molecular complexity index is 1110. The summed E-state index contributed by atoms with van der Waals surface area (Å²) in [6.07, 6.45) is 5.44. The first-order valence-corrected chi connectivity index (χ1v) is 8.93. The van der Waals surface area contributed by atoms with Crippen LogP contribution in [-0.4, -0.2) is 14.9 Å². The van der Waals surface area contributed by atoms with E-state index >= 15 is 0 Å². The second-order valence-electron chi connectivity index (χ2n) is 5.66. The van der Waals surface area contributed by atoms with Crippen molar-refractivity contribution in [2.75, 3.05) is 5.32 Å². The molecule has 0 saturated carbocycles. The van der Waals surface area contributed by atoms with Crippen LogP contribution in [0, 0.1) is 5.82 Å². The van der Waals surface area contributed by atoms with Crippen LogP contribution in [0.15, 0.2) is 72.0 Å². The molecule has 26 heavy (non-hydrogen) atoms. The lowest BCUT2D eigenvalue weighted by molar-refractivity contribution is 0.102. The van der Waals surface area contributed by atoms with Gasteiger partial charge in [-0.2, -0.15) is 0 Å². The monoisotopic (exact) mass is 385 g/mol. The van der Waals surface area contributed by atoms with Crippen molar-refractivity contribution in [3.05, 3.63) is 83.5 Å². The number of rotatable bonds is 4. The first kappa shape index (κ1) is 16.8. The molecule has 2 heterocycles. The summed E-state index contributed by atoms with van der Waals surface area (Å²) in [5.74, 6) is -0.884. The third-order valence-corrected chi connectivity index (χ3v) is 5.05. The lowest BCUT2D eigenvalue weighted by Gasteiger charge is -2.05. The molecule has 4 nitrogen and oxygen atoms in total. The minimum Gasteiger partial charge on any atom is -0.361 e. The number of amides is 1. The lowest BCUT2D eigenvalue weighted by atomic mass is 10.2. The Labute approximate surface area is 158 Å². The Morgan fingerprint density at radius 3 is 2.88 bits per heavy atom. The van der Waals surface area contributed by atoms with Gasteiger partial charge in [-0.15, -0.1) is 0 Å². The maximum absolute atomic E-state index is 13.5. The molecule has 4 aromatic rings. The summed E-state index contributed by atoms with van der Waals surface area (Å²) in [5, 5.41) is 3.81. The number of aromatic nitrogens is 2. The summed E-state index contributed by atoms with van der Waals surface area (Å²) < 4.78 is 15.3. The van der Waals surface area contributed by atoms with E-state index in [2.05, 4.69) is 16.4 Å². The molecule has 0 bridgehead atoms. The van der Waals surface area contributed by atoms with Crippen LogP contribution in [-0.2, 0) is 0 Å². The maximum atomic E-state index is 13.5. The van der Waals surface area contributed by atoms with Crippen LogP contribution in [0.1, 0.15) is 10.4 Å². The van der Waals surface area contributed by atoms with Crippen molar-refractivity contribution >= 4 is 46.0 Å². The molecule has 0 atom stereocenters.